The molecule has 0 atom stereocenters. The molecule has 0 aromatic heterocycles. The summed E-state index contributed by atoms with van der Waals surface area (Å²) in [5.74, 6) is -2.15. The number of ether oxygens (including phenoxy) is 1. The Hall–Kier alpha value is -2.08. The number of methoxy groups -OCH3 is 1. The van der Waals surface area contributed by atoms with Crippen molar-refractivity contribution < 1.29 is 19.1 Å². The fourth-order valence-electron chi connectivity index (χ4n) is 1.50. The lowest BCUT2D eigenvalue weighted by atomic mass is 10.2. The quantitative estimate of drug-likeness (QED) is 0.494. The molecular weight excluding hydrogens is 296 g/mol. The predicted molar refractivity (Wildman–Crippen MR) is 79.3 cm³/mol. The molecule has 21 heavy (non-hydrogen) atoms. The third-order valence-corrected chi connectivity index (χ3v) is 2.99. The molecule has 0 aliphatic rings. The van der Waals surface area contributed by atoms with E-state index in [9.17, 15) is 14.4 Å². The van der Waals surface area contributed by atoms with Crippen molar-refractivity contribution in [1.82, 2.24) is 5.32 Å². The number of benzene rings is 1. The SMILES string of the molecule is CCCCNC(=O)C(=O)Nc1cc(C(=O)OC)ccc1Cl. The maximum absolute atomic E-state index is 11.7. The van der Waals surface area contributed by atoms with Crippen LogP contribution in [0.15, 0.2) is 18.2 Å². The first-order valence-corrected chi connectivity index (χ1v) is 6.84. The molecule has 0 heterocycles. The number of anilines is 1. The van der Waals surface area contributed by atoms with Gasteiger partial charge in [0.05, 0.1) is 23.4 Å². The average molecular weight is 313 g/mol. The largest absolute Gasteiger partial charge is 0.465 e. The van der Waals surface area contributed by atoms with Crippen LogP contribution in [0.1, 0.15) is 30.1 Å². The van der Waals surface area contributed by atoms with Gasteiger partial charge in [-0.15, -0.1) is 0 Å². The van der Waals surface area contributed by atoms with Gasteiger partial charge in [-0.2, -0.15) is 0 Å². The smallest absolute Gasteiger partial charge is 0.337 e. The molecule has 0 bridgehead atoms. The van der Waals surface area contributed by atoms with E-state index >= 15 is 0 Å². The molecule has 0 radical (unpaired) electrons. The Balaban J connectivity index is 2.75. The minimum Gasteiger partial charge on any atom is -0.465 e. The van der Waals surface area contributed by atoms with Crippen molar-refractivity contribution in [3.63, 3.8) is 0 Å². The average Bonchev–Trinajstić information content (AvgIpc) is 2.48. The van der Waals surface area contributed by atoms with E-state index in [1.807, 2.05) is 6.92 Å². The monoisotopic (exact) mass is 312 g/mol. The summed E-state index contributed by atoms with van der Waals surface area (Å²) >= 11 is 5.92. The molecular formula is C14H17ClN2O4. The molecule has 0 aliphatic carbocycles. The van der Waals surface area contributed by atoms with Gasteiger partial charge in [0.15, 0.2) is 0 Å². The number of carbonyl (C=O) groups is 3. The highest BCUT2D eigenvalue weighted by Gasteiger charge is 2.16. The summed E-state index contributed by atoms with van der Waals surface area (Å²) in [4.78, 5) is 34.7. The first kappa shape index (κ1) is 17.0. The third-order valence-electron chi connectivity index (χ3n) is 2.66. The first-order valence-electron chi connectivity index (χ1n) is 6.46. The summed E-state index contributed by atoms with van der Waals surface area (Å²) in [6.45, 7) is 2.41. The standard InChI is InChI=1S/C14H17ClN2O4/c1-3-4-7-16-12(18)13(19)17-11-8-9(14(20)21-2)5-6-10(11)15/h5-6,8H,3-4,7H2,1-2H3,(H,16,18)(H,17,19). The molecule has 2 N–H and O–H groups in total. The number of halogens is 1. The normalized spacial score (nSPS) is 9.86. The number of unbranched alkanes of at least 4 members (excludes halogenated alkanes) is 1. The highest BCUT2D eigenvalue weighted by Crippen LogP contribution is 2.23. The van der Waals surface area contributed by atoms with Crippen LogP contribution in [-0.2, 0) is 14.3 Å². The van der Waals surface area contributed by atoms with Gasteiger partial charge in [-0.25, -0.2) is 4.79 Å². The van der Waals surface area contributed by atoms with Gasteiger partial charge in [-0.1, -0.05) is 24.9 Å². The summed E-state index contributed by atoms with van der Waals surface area (Å²) < 4.78 is 4.58. The second-order valence-electron chi connectivity index (χ2n) is 4.25. The van der Waals surface area contributed by atoms with E-state index in [-0.39, 0.29) is 16.3 Å². The zero-order valence-corrected chi connectivity index (χ0v) is 12.6. The lowest BCUT2D eigenvalue weighted by molar-refractivity contribution is -0.136. The van der Waals surface area contributed by atoms with Gasteiger partial charge in [0, 0.05) is 6.54 Å². The summed E-state index contributed by atoms with van der Waals surface area (Å²) in [6.07, 6.45) is 1.70. The number of carbonyl (C=O) groups excluding carboxylic acids is 3. The lowest BCUT2D eigenvalue weighted by Gasteiger charge is -2.09. The number of nitrogens with one attached hydrogen (secondary N) is 2. The van der Waals surface area contributed by atoms with Gasteiger partial charge in [-0.3, -0.25) is 9.59 Å². The Bertz CT molecular complexity index is 546. The van der Waals surface area contributed by atoms with E-state index in [1.54, 1.807) is 0 Å². The summed E-state index contributed by atoms with van der Waals surface area (Å²) in [5.41, 5.74) is 0.402. The maximum atomic E-state index is 11.7. The number of amides is 2. The third kappa shape index (κ3) is 5.07. The Morgan fingerprint density at radius 3 is 2.57 bits per heavy atom. The van der Waals surface area contributed by atoms with Crippen LogP contribution in [0.2, 0.25) is 5.02 Å². The van der Waals surface area contributed by atoms with Crippen LogP contribution in [0.25, 0.3) is 0 Å². The molecule has 2 amide bonds. The van der Waals surface area contributed by atoms with Crippen molar-refractivity contribution in [3.05, 3.63) is 28.8 Å². The van der Waals surface area contributed by atoms with Gasteiger partial charge in [0.25, 0.3) is 0 Å². The zero-order valence-electron chi connectivity index (χ0n) is 11.9. The van der Waals surface area contributed by atoms with Crippen molar-refractivity contribution in [3.8, 4) is 0 Å². The van der Waals surface area contributed by atoms with Gasteiger partial charge in [0.2, 0.25) is 0 Å². The van der Waals surface area contributed by atoms with Crippen molar-refractivity contribution in [2.45, 2.75) is 19.8 Å². The van der Waals surface area contributed by atoms with E-state index in [2.05, 4.69) is 15.4 Å². The molecule has 1 rings (SSSR count). The Morgan fingerprint density at radius 1 is 1.24 bits per heavy atom. The molecule has 1 aromatic rings. The lowest BCUT2D eigenvalue weighted by Crippen LogP contribution is -2.35. The van der Waals surface area contributed by atoms with Crippen molar-refractivity contribution in [1.29, 1.82) is 0 Å². The van der Waals surface area contributed by atoms with E-state index in [0.29, 0.717) is 6.54 Å². The molecule has 0 saturated carbocycles. The van der Waals surface area contributed by atoms with E-state index in [0.717, 1.165) is 12.8 Å². The Morgan fingerprint density at radius 2 is 1.95 bits per heavy atom. The van der Waals surface area contributed by atoms with Crippen molar-refractivity contribution in [2.24, 2.45) is 0 Å². The van der Waals surface area contributed by atoms with E-state index < -0.39 is 17.8 Å². The molecule has 0 unspecified atom stereocenters. The van der Waals surface area contributed by atoms with Crippen LogP contribution in [0.4, 0.5) is 5.69 Å². The second kappa shape index (κ2) is 8.26. The zero-order chi connectivity index (χ0) is 15.8. The van der Waals surface area contributed by atoms with Gasteiger partial charge in [0.1, 0.15) is 0 Å². The van der Waals surface area contributed by atoms with Crippen LogP contribution >= 0.6 is 11.6 Å². The number of esters is 1. The molecule has 1 aromatic carbocycles. The van der Waals surface area contributed by atoms with Gasteiger partial charge in [-0.05, 0) is 24.6 Å². The summed E-state index contributed by atoms with van der Waals surface area (Å²) in [7, 11) is 1.25. The Kier molecular flexibility index (Phi) is 6.68. The molecule has 0 fully saturated rings. The summed E-state index contributed by atoms with van der Waals surface area (Å²) in [6, 6.07) is 4.26. The maximum Gasteiger partial charge on any atom is 0.337 e. The van der Waals surface area contributed by atoms with Crippen molar-refractivity contribution >= 4 is 35.1 Å². The van der Waals surface area contributed by atoms with Crippen molar-refractivity contribution in [2.75, 3.05) is 19.0 Å². The highest BCUT2D eigenvalue weighted by atomic mass is 35.5. The second-order valence-corrected chi connectivity index (χ2v) is 4.66. The van der Waals surface area contributed by atoms with Crippen LogP contribution in [0.3, 0.4) is 0 Å². The fraction of sp³-hybridized carbons (Fsp3) is 0.357. The topological polar surface area (TPSA) is 84.5 Å². The number of rotatable bonds is 5. The number of hydrogen-bond donors (Lipinski definition) is 2. The Labute approximate surface area is 127 Å². The number of hydrogen-bond acceptors (Lipinski definition) is 4. The molecule has 0 saturated heterocycles. The first-order chi connectivity index (χ1) is 9.99. The van der Waals surface area contributed by atoms with Gasteiger partial charge >= 0.3 is 17.8 Å². The van der Waals surface area contributed by atoms with Crippen LogP contribution in [0.5, 0.6) is 0 Å². The summed E-state index contributed by atoms with van der Waals surface area (Å²) in [5, 5.41) is 5.07. The molecule has 6 nitrogen and oxygen atoms in total. The minimum absolute atomic E-state index is 0.176. The molecule has 114 valence electrons. The molecule has 0 spiro atoms. The minimum atomic E-state index is -0.838. The molecule has 7 heteroatoms. The van der Waals surface area contributed by atoms with E-state index in [1.165, 1.54) is 25.3 Å². The van der Waals surface area contributed by atoms with Crippen LogP contribution in [0, 0.1) is 0 Å². The van der Waals surface area contributed by atoms with Gasteiger partial charge < -0.3 is 15.4 Å². The van der Waals surface area contributed by atoms with Crippen LogP contribution in [-0.4, -0.2) is 31.4 Å². The van der Waals surface area contributed by atoms with E-state index in [4.69, 9.17) is 11.6 Å². The molecule has 0 aliphatic heterocycles. The van der Waals surface area contributed by atoms with Crippen LogP contribution < -0.4 is 10.6 Å². The predicted octanol–water partition coefficient (Wildman–Crippen LogP) is 1.98. The highest BCUT2D eigenvalue weighted by molar-refractivity contribution is 6.41. The fourth-order valence-corrected chi connectivity index (χ4v) is 1.67.